The van der Waals surface area contributed by atoms with Crippen LogP contribution in [0.15, 0.2) is 48.5 Å². The van der Waals surface area contributed by atoms with E-state index in [1.165, 1.54) is 27.1 Å². The van der Waals surface area contributed by atoms with Gasteiger partial charge in [-0.2, -0.15) is 0 Å². The minimum Gasteiger partial charge on any atom is -0.352 e. The molecule has 1 aliphatic rings. The van der Waals surface area contributed by atoms with Gasteiger partial charge in [-0.1, -0.05) is 76.2 Å². The van der Waals surface area contributed by atoms with Crippen molar-refractivity contribution in [3.8, 4) is 0 Å². The molecule has 7 heteroatoms. The first-order chi connectivity index (χ1) is 18.7. The van der Waals surface area contributed by atoms with Crippen molar-refractivity contribution in [2.45, 2.75) is 59.8 Å². The van der Waals surface area contributed by atoms with Crippen molar-refractivity contribution in [2.75, 3.05) is 36.4 Å². The first-order valence-corrected chi connectivity index (χ1v) is 14.8. The van der Waals surface area contributed by atoms with Crippen LogP contribution in [0.1, 0.15) is 72.5 Å². The van der Waals surface area contributed by atoms with Gasteiger partial charge in [-0.15, -0.1) is 11.3 Å². The summed E-state index contributed by atoms with van der Waals surface area (Å²) in [5.41, 5.74) is 5.80. The third-order valence-corrected chi connectivity index (χ3v) is 8.83. The molecule has 0 radical (unpaired) electrons. The summed E-state index contributed by atoms with van der Waals surface area (Å²) in [4.78, 5) is 30.1. The lowest BCUT2D eigenvalue weighted by atomic mass is 9.93. The molecule has 0 unspecified atom stereocenters. The van der Waals surface area contributed by atoms with Gasteiger partial charge in [0.15, 0.2) is 0 Å². The zero-order valence-electron chi connectivity index (χ0n) is 23.9. The lowest BCUT2D eigenvalue weighted by Gasteiger charge is -2.36. The predicted molar refractivity (Wildman–Crippen MR) is 164 cm³/mol. The van der Waals surface area contributed by atoms with E-state index in [-0.39, 0.29) is 6.03 Å². The predicted octanol–water partition coefficient (Wildman–Crippen LogP) is 7.50. The van der Waals surface area contributed by atoms with Crippen LogP contribution in [0.2, 0.25) is 0 Å². The van der Waals surface area contributed by atoms with Crippen LogP contribution in [-0.2, 0) is 6.42 Å². The van der Waals surface area contributed by atoms with Gasteiger partial charge in [-0.3, -0.25) is 0 Å². The molecule has 0 aliphatic carbocycles. The molecule has 1 aliphatic heterocycles. The fourth-order valence-corrected chi connectivity index (χ4v) is 6.40. The van der Waals surface area contributed by atoms with Crippen LogP contribution >= 0.6 is 11.3 Å². The number of anilines is 2. The quantitative estimate of drug-likeness (QED) is 0.275. The molecule has 0 saturated carbocycles. The zero-order chi connectivity index (χ0) is 27.7. The molecule has 0 atom stereocenters. The van der Waals surface area contributed by atoms with Gasteiger partial charge in [0.2, 0.25) is 0 Å². The number of carbonyl (C=O) groups is 1. The van der Waals surface area contributed by atoms with Crippen molar-refractivity contribution < 1.29 is 4.79 Å². The molecule has 6 nitrogen and oxygen atoms in total. The van der Waals surface area contributed by atoms with Crippen molar-refractivity contribution in [3.63, 3.8) is 0 Å². The molecule has 1 N–H and O–H groups in total. The number of thiophene rings is 1. The maximum absolute atomic E-state index is 13.5. The summed E-state index contributed by atoms with van der Waals surface area (Å²) in [6.45, 7) is 15.8. The Hall–Kier alpha value is -3.45. The Morgan fingerprint density at radius 3 is 2.15 bits per heavy atom. The van der Waals surface area contributed by atoms with Crippen LogP contribution in [0.5, 0.6) is 0 Å². The standard InChI is InChI=1S/C32H39N5OS/c1-20(2)25-13-10-14-26(21(3)4)29(25)35-32(38)37-17-15-36(16-18-37)30-28-22(5)23(6)39-31(28)34-27(33-30)19-24-11-8-7-9-12-24/h7-14,20-21H,15-19H2,1-6H3,(H,35,38). The van der Waals surface area contributed by atoms with Gasteiger partial charge in [0.05, 0.1) is 5.39 Å². The van der Waals surface area contributed by atoms with Gasteiger partial charge >= 0.3 is 6.03 Å². The largest absolute Gasteiger partial charge is 0.352 e. The molecule has 2 aromatic heterocycles. The molecule has 1 saturated heterocycles. The maximum atomic E-state index is 13.5. The third kappa shape index (κ3) is 5.64. The summed E-state index contributed by atoms with van der Waals surface area (Å²) in [6, 6.07) is 16.7. The maximum Gasteiger partial charge on any atom is 0.321 e. The SMILES string of the molecule is Cc1sc2nc(Cc3ccccc3)nc(N3CCN(C(=O)Nc4c(C(C)C)cccc4C(C)C)CC3)c2c1C. The van der Waals surface area contributed by atoms with Gasteiger partial charge in [-0.25, -0.2) is 14.8 Å². The van der Waals surface area contributed by atoms with Crippen molar-refractivity contribution >= 4 is 39.1 Å². The van der Waals surface area contributed by atoms with Gasteiger partial charge < -0.3 is 15.1 Å². The summed E-state index contributed by atoms with van der Waals surface area (Å²) < 4.78 is 0. The van der Waals surface area contributed by atoms with Gasteiger partial charge in [0.1, 0.15) is 16.5 Å². The Kier molecular flexibility index (Phi) is 7.89. The Morgan fingerprint density at radius 1 is 0.897 bits per heavy atom. The Bertz CT molecular complexity index is 1440. The molecule has 4 aromatic rings. The molecule has 0 spiro atoms. The van der Waals surface area contributed by atoms with E-state index in [0.717, 1.165) is 40.6 Å². The van der Waals surface area contributed by atoms with E-state index in [1.54, 1.807) is 11.3 Å². The normalized spacial score (nSPS) is 14.1. The number of nitrogens with one attached hydrogen (secondary N) is 1. The first-order valence-electron chi connectivity index (χ1n) is 14.0. The van der Waals surface area contributed by atoms with Crippen molar-refractivity contribution in [1.29, 1.82) is 0 Å². The Morgan fingerprint density at radius 2 is 1.54 bits per heavy atom. The van der Waals surface area contributed by atoms with E-state index in [0.29, 0.717) is 31.3 Å². The highest BCUT2D eigenvalue weighted by molar-refractivity contribution is 7.18. The highest BCUT2D eigenvalue weighted by atomic mass is 32.1. The van der Waals surface area contributed by atoms with Gasteiger partial charge in [0.25, 0.3) is 0 Å². The highest BCUT2D eigenvalue weighted by Gasteiger charge is 2.27. The molecule has 2 aromatic carbocycles. The molecule has 3 heterocycles. The second kappa shape index (κ2) is 11.3. The number of rotatable bonds is 6. The molecule has 204 valence electrons. The number of amides is 2. The second-order valence-corrected chi connectivity index (χ2v) is 12.3. The van der Waals surface area contributed by atoms with Crippen LogP contribution in [-0.4, -0.2) is 47.1 Å². The number of piperazine rings is 1. The molecule has 5 rings (SSSR count). The van der Waals surface area contributed by atoms with Crippen LogP contribution in [0.4, 0.5) is 16.3 Å². The number of hydrogen-bond donors (Lipinski definition) is 1. The monoisotopic (exact) mass is 541 g/mol. The van der Waals surface area contributed by atoms with Crippen LogP contribution in [0.3, 0.4) is 0 Å². The second-order valence-electron chi connectivity index (χ2n) is 11.1. The van der Waals surface area contributed by atoms with E-state index < -0.39 is 0 Å². The third-order valence-electron chi connectivity index (χ3n) is 7.73. The van der Waals surface area contributed by atoms with Crippen LogP contribution in [0, 0.1) is 13.8 Å². The summed E-state index contributed by atoms with van der Waals surface area (Å²) in [5.74, 6) is 2.51. The van der Waals surface area contributed by atoms with E-state index in [4.69, 9.17) is 9.97 Å². The van der Waals surface area contributed by atoms with Gasteiger partial charge in [-0.05, 0) is 47.9 Å². The minimum absolute atomic E-state index is 0.0233. The average Bonchev–Trinajstić information content (AvgIpc) is 3.21. The van der Waals surface area contributed by atoms with Gasteiger partial charge in [0, 0.05) is 43.2 Å². The van der Waals surface area contributed by atoms with Crippen LogP contribution in [0.25, 0.3) is 10.2 Å². The smallest absolute Gasteiger partial charge is 0.321 e. The van der Waals surface area contributed by atoms with E-state index in [9.17, 15) is 4.79 Å². The summed E-state index contributed by atoms with van der Waals surface area (Å²) in [7, 11) is 0. The van der Waals surface area contributed by atoms with E-state index in [2.05, 4.69) is 94.2 Å². The topological polar surface area (TPSA) is 61.4 Å². The Balaban J connectivity index is 1.36. The number of aromatic nitrogens is 2. The summed E-state index contributed by atoms with van der Waals surface area (Å²) >= 11 is 1.74. The Labute approximate surface area is 236 Å². The lowest BCUT2D eigenvalue weighted by Crippen LogP contribution is -2.50. The molecular formula is C32H39N5OS. The number of nitrogens with zero attached hydrogens (tertiary/aromatic N) is 4. The number of urea groups is 1. The van der Waals surface area contributed by atoms with Crippen molar-refractivity contribution in [2.24, 2.45) is 0 Å². The number of fused-ring (bicyclic) bond motifs is 1. The van der Waals surface area contributed by atoms with E-state index in [1.807, 2.05) is 11.0 Å². The highest BCUT2D eigenvalue weighted by Crippen LogP contribution is 2.36. The summed E-state index contributed by atoms with van der Waals surface area (Å²) in [5, 5.41) is 4.44. The fraction of sp³-hybridized carbons (Fsp3) is 0.406. The molecule has 1 fully saturated rings. The fourth-order valence-electron chi connectivity index (χ4n) is 5.36. The number of aryl methyl sites for hydroxylation is 2. The number of carbonyl (C=O) groups excluding carboxylic acids is 1. The number of benzene rings is 2. The van der Waals surface area contributed by atoms with E-state index >= 15 is 0 Å². The lowest BCUT2D eigenvalue weighted by molar-refractivity contribution is 0.208. The number of para-hydroxylation sites is 1. The zero-order valence-corrected chi connectivity index (χ0v) is 24.7. The first kappa shape index (κ1) is 27.1. The molecule has 0 bridgehead atoms. The molecule has 2 amide bonds. The molecule has 39 heavy (non-hydrogen) atoms. The number of hydrogen-bond acceptors (Lipinski definition) is 5. The average molecular weight is 542 g/mol. The molecular weight excluding hydrogens is 502 g/mol. The van der Waals surface area contributed by atoms with Crippen molar-refractivity contribution in [1.82, 2.24) is 14.9 Å². The van der Waals surface area contributed by atoms with Crippen LogP contribution < -0.4 is 10.2 Å². The summed E-state index contributed by atoms with van der Waals surface area (Å²) in [6.07, 6.45) is 0.704. The minimum atomic E-state index is -0.0233. The van der Waals surface area contributed by atoms with Crippen molar-refractivity contribution in [3.05, 3.63) is 81.5 Å².